The first-order valence-electron chi connectivity index (χ1n) is 9.03. The second-order valence-electron chi connectivity index (χ2n) is 7.46. The van der Waals surface area contributed by atoms with Crippen LogP contribution in [0.4, 0.5) is 0 Å². The van der Waals surface area contributed by atoms with Crippen LogP contribution in [0.25, 0.3) is 0 Å². The molecule has 2 saturated heterocycles. The Morgan fingerprint density at radius 1 is 1.04 bits per heavy atom. The molecular weight excluding hydrogens is 357 g/mol. The molecule has 0 bridgehead atoms. The molecule has 140 valence electrons. The predicted molar refractivity (Wildman–Crippen MR) is 105 cm³/mol. The van der Waals surface area contributed by atoms with Gasteiger partial charge >= 0.3 is 0 Å². The summed E-state index contributed by atoms with van der Waals surface area (Å²) in [5, 5.41) is 3.42. The van der Waals surface area contributed by atoms with Gasteiger partial charge in [-0.1, -0.05) is 30.3 Å². The molecular formula is C19H29Cl2N3O. The molecule has 1 amide bonds. The molecule has 1 aromatic rings. The van der Waals surface area contributed by atoms with Crippen LogP contribution in [0, 0.1) is 11.3 Å². The van der Waals surface area contributed by atoms with Crippen molar-refractivity contribution in [1.82, 2.24) is 15.1 Å². The molecule has 2 aliphatic heterocycles. The number of carbonyl (C=O) groups excluding carboxylic acids is 1. The van der Waals surface area contributed by atoms with E-state index in [2.05, 4.69) is 45.4 Å². The van der Waals surface area contributed by atoms with E-state index < -0.39 is 0 Å². The first-order valence-corrected chi connectivity index (χ1v) is 9.03. The molecule has 1 spiro atoms. The van der Waals surface area contributed by atoms with E-state index >= 15 is 0 Å². The van der Waals surface area contributed by atoms with Crippen molar-refractivity contribution in [2.75, 3.05) is 39.3 Å². The molecule has 1 N–H and O–H groups in total. The standard InChI is InChI=1S/C19H27N3O.2ClH/c23-18(17-14-19(17)6-8-20-9-7-19)22-12-10-21(11-13-22)15-16-4-2-1-3-5-16;;/h1-5,17,20H,6-15H2;2*1H. The lowest BCUT2D eigenvalue weighted by Gasteiger charge is -2.35. The lowest BCUT2D eigenvalue weighted by atomic mass is 9.91. The predicted octanol–water partition coefficient (Wildman–Crippen LogP) is 2.56. The van der Waals surface area contributed by atoms with Gasteiger partial charge in [-0.25, -0.2) is 0 Å². The van der Waals surface area contributed by atoms with Crippen molar-refractivity contribution >= 4 is 30.7 Å². The third kappa shape index (κ3) is 4.48. The van der Waals surface area contributed by atoms with Gasteiger partial charge in [0.25, 0.3) is 0 Å². The maximum absolute atomic E-state index is 12.8. The summed E-state index contributed by atoms with van der Waals surface area (Å²) in [4.78, 5) is 17.4. The van der Waals surface area contributed by atoms with Crippen LogP contribution in [0.5, 0.6) is 0 Å². The van der Waals surface area contributed by atoms with Crippen LogP contribution in [0.2, 0.25) is 0 Å². The summed E-state index contributed by atoms with van der Waals surface area (Å²) >= 11 is 0. The third-order valence-electron chi connectivity index (χ3n) is 6.02. The minimum absolute atomic E-state index is 0. The van der Waals surface area contributed by atoms with Gasteiger partial charge in [-0.2, -0.15) is 0 Å². The number of halogens is 2. The fraction of sp³-hybridized carbons (Fsp3) is 0.632. The van der Waals surface area contributed by atoms with Crippen molar-refractivity contribution in [1.29, 1.82) is 0 Å². The molecule has 1 aromatic carbocycles. The normalized spacial score (nSPS) is 25.0. The molecule has 1 aliphatic carbocycles. The van der Waals surface area contributed by atoms with Crippen LogP contribution >= 0.6 is 24.8 Å². The number of nitrogens with zero attached hydrogens (tertiary/aromatic N) is 2. The van der Waals surface area contributed by atoms with E-state index in [1.165, 1.54) is 18.4 Å². The van der Waals surface area contributed by atoms with Crippen molar-refractivity contribution in [3.63, 3.8) is 0 Å². The van der Waals surface area contributed by atoms with E-state index in [0.717, 1.165) is 52.2 Å². The van der Waals surface area contributed by atoms with Crippen LogP contribution in [-0.4, -0.2) is 55.0 Å². The molecule has 0 aromatic heterocycles. The minimum atomic E-state index is 0. The van der Waals surface area contributed by atoms with E-state index in [4.69, 9.17) is 0 Å². The summed E-state index contributed by atoms with van der Waals surface area (Å²) in [6.45, 7) is 6.99. The maximum Gasteiger partial charge on any atom is 0.226 e. The van der Waals surface area contributed by atoms with Gasteiger partial charge in [-0.15, -0.1) is 24.8 Å². The summed E-state index contributed by atoms with van der Waals surface area (Å²) < 4.78 is 0. The van der Waals surface area contributed by atoms with Gasteiger partial charge in [0, 0.05) is 38.6 Å². The zero-order valence-corrected chi connectivity index (χ0v) is 16.3. The summed E-state index contributed by atoms with van der Waals surface area (Å²) in [6, 6.07) is 10.6. The highest BCUT2D eigenvalue weighted by Gasteiger charge is 2.58. The Morgan fingerprint density at radius 2 is 1.68 bits per heavy atom. The first kappa shape index (κ1) is 20.5. The minimum Gasteiger partial charge on any atom is -0.340 e. The Kier molecular flexibility index (Phi) is 7.15. The number of piperidine rings is 1. The smallest absolute Gasteiger partial charge is 0.226 e. The number of hydrogen-bond donors (Lipinski definition) is 1. The number of nitrogens with one attached hydrogen (secondary N) is 1. The molecule has 4 nitrogen and oxygen atoms in total. The van der Waals surface area contributed by atoms with Gasteiger partial charge in [-0.05, 0) is 43.3 Å². The van der Waals surface area contributed by atoms with Gasteiger partial charge in [0.1, 0.15) is 0 Å². The number of benzene rings is 1. The van der Waals surface area contributed by atoms with Gasteiger partial charge < -0.3 is 10.2 Å². The summed E-state index contributed by atoms with van der Waals surface area (Å²) in [6.07, 6.45) is 3.52. The highest BCUT2D eigenvalue weighted by atomic mass is 35.5. The van der Waals surface area contributed by atoms with E-state index in [9.17, 15) is 4.79 Å². The molecule has 3 fully saturated rings. The maximum atomic E-state index is 12.8. The molecule has 1 saturated carbocycles. The molecule has 1 unspecified atom stereocenters. The summed E-state index contributed by atoms with van der Waals surface area (Å²) in [5.41, 5.74) is 1.73. The summed E-state index contributed by atoms with van der Waals surface area (Å²) in [5.74, 6) is 0.761. The molecule has 0 radical (unpaired) electrons. The average Bonchev–Trinajstić information content (AvgIpc) is 3.29. The second-order valence-corrected chi connectivity index (χ2v) is 7.46. The van der Waals surface area contributed by atoms with Crippen molar-refractivity contribution in [3.05, 3.63) is 35.9 Å². The average molecular weight is 386 g/mol. The fourth-order valence-corrected chi connectivity index (χ4v) is 4.36. The lowest BCUT2D eigenvalue weighted by molar-refractivity contribution is -0.135. The first-order chi connectivity index (χ1) is 11.3. The number of hydrogen-bond acceptors (Lipinski definition) is 3. The largest absolute Gasteiger partial charge is 0.340 e. The molecule has 25 heavy (non-hydrogen) atoms. The number of rotatable bonds is 3. The van der Waals surface area contributed by atoms with E-state index in [1.807, 2.05) is 0 Å². The fourth-order valence-electron chi connectivity index (χ4n) is 4.36. The molecule has 3 aliphatic rings. The Hall–Kier alpha value is -0.810. The van der Waals surface area contributed by atoms with Crippen molar-refractivity contribution in [3.8, 4) is 0 Å². The van der Waals surface area contributed by atoms with Crippen LogP contribution in [0.1, 0.15) is 24.8 Å². The molecule has 1 atom stereocenters. The van der Waals surface area contributed by atoms with Gasteiger partial charge in [0.15, 0.2) is 0 Å². The zero-order chi connectivity index (χ0) is 15.7. The lowest BCUT2D eigenvalue weighted by Crippen LogP contribution is -2.49. The Labute approximate surface area is 163 Å². The third-order valence-corrected chi connectivity index (χ3v) is 6.02. The molecule has 2 heterocycles. The summed E-state index contributed by atoms with van der Waals surface area (Å²) in [7, 11) is 0. The van der Waals surface area contributed by atoms with Crippen LogP contribution < -0.4 is 5.32 Å². The Balaban J connectivity index is 0.00000113. The number of piperazine rings is 1. The molecule has 6 heteroatoms. The Bertz CT molecular complexity index is 555. The molecule has 4 rings (SSSR count). The van der Waals surface area contributed by atoms with Gasteiger partial charge in [-0.3, -0.25) is 9.69 Å². The van der Waals surface area contributed by atoms with Crippen LogP contribution in [0.15, 0.2) is 30.3 Å². The van der Waals surface area contributed by atoms with Crippen molar-refractivity contribution < 1.29 is 4.79 Å². The number of amides is 1. The van der Waals surface area contributed by atoms with Crippen molar-refractivity contribution in [2.45, 2.75) is 25.8 Å². The highest BCUT2D eigenvalue weighted by molar-refractivity contribution is 5.85. The number of carbonyl (C=O) groups is 1. The zero-order valence-electron chi connectivity index (χ0n) is 14.7. The van der Waals surface area contributed by atoms with Crippen LogP contribution in [-0.2, 0) is 11.3 Å². The van der Waals surface area contributed by atoms with Gasteiger partial charge in [0.05, 0.1) is 0 Å². The Morgan fingerprint density at radius 3 is 2.32 bits per heavy atom. The quantitative estimate of drug-likeness (QED) is 0.868. The highest BCUT2D eigenvalue weighted by Crippen LogP contribution is 2.59. The van der Waals surface area contributed by atoms with Gasteiger partial charge in [0.2, 0.25) is 5.91 Å². The van der Waals surface area contributed by atoms with E-state index in [-0.39, 0.29) is 24.8 Å². The van der Waals surface area contributed by atoms with E-state index in [1.54, 1.807) is 0 Å². The van der Waals surface area contributed by atoms with Crippen LogP contribution in [0.3, 0.4) is 0 Å². The van der Waals surface area contributed by atoms with E-state index in [0.29, 0.717) is 17.2 Å². The van der Waals surface area contributed by atoms with Crippen molar-refractivity contribution in [2.24, 2.45) is 11.3 Å². The SMILES string of the molecule is Cl.Cl.O=C(C1CC12CCNCC2)N1CCN(Cc2ccccc2)CC1. The second kappa shape index (κ2) is 8.72. The monoisotopic (exact) mass is 385 g/mol. The topological polar surface area (TPSA) is 35.6 Å².